The number of hydrogen-bond donors (Lipinski definition) is 11. The molecule has 0 aliphatic heterocycles. The number of nitrogens with two attached hydrogens (primary N) is 2. The van der Waals surface area contributed by atoms with E-state index in [0.29, 0.717) is 80.9 Å². The van der Waals surface area contributed by atoms with Crippen LogP contribution in [0, 0.1) is 3.57 Å². The summed E-state index contributed by atoms with van der Waals surface area (Å²) in [6.07, 6.45) is 5.57. The maximum absolute atomic E-state index is 13.2. The molecule has 0 aliphatic rings. The largest absolute Gasteiger partial charge is 0.507 e. The molecule has 0 spiro atoms. The molecule has 1 aromatic carbocycles. The number of phenolic OH excluding ortho intramolecular Hbond substituents is 1. The number of ether oxygens (including phenoxy) is 4. The monoisotopic (exact) mass is 1190 g/mol. The van der Waals surface area contributed by atoms with Gasteiger partial charge >= 0.3 is 0 Å². The molecule has 13 N–H and O–H groups in total. The van der Waals surface area contributed by atoms with Gasteiger partial charge in [0.25, 0.3) is 0 Å². The number of nitrogens with one attached hydrogen (secondary N) is 8. The van der Waals surface area contributed by atoms with Gasteiger partial charge in [0, 0.05) is 52.0 Å². The highest BCUT2D eigenvalue weighted by Gasteiger charge is 2.21. The molecule has 0 aromatic heterocycles. The van der Waals surface area contributed by atoms with Gasteiger partial charge in [0.2, 0.25) is 47.3 Å². The highest BCUT2D eigenvalue weighted by Crippen LogP contribution is 2.21. The van der Waals surface area contributed by atoms with Crippen molar-refractivity contribution in [2.75, 3.05) is 98.7 Å². The second-order valence-electron chi connectivity index (χ2n) is 17.8. The van der Waals surface area contributed by atoms with Crippen molar-refractivity contribution in [3.05, 3.63) is 27.3 Å². The number of hydrogen-bond acceptors (Lipinski definition) is 17. The van der Waals surface area contributed by atoms with E-state index in [-0.39, 0.29) is 152 Å². The van der Waals surface area contributed by atoms with E-state index < -0.39 is 41.8 Å². The average Bonchev–Trinajstić information content (AvgIpc) is 3.36. The molecule has 25 nitrogen and oxygen atoms in total. The van der Waals surface area contributed by atoms with Crippen molar-refractivity contribution in [1.82, 2.24) is 42.5 Å². The molecule has 0 radical (unpaired) electrons. The lowest BCUT2D eigenvalue weighted by molar-refractivity contribution is -0.129. The van der Waals surface area contributed by atoms with E-state index in [1.165, 1.54) is 13.8 Å². The van der Waals surface area contributed by atoms with E-state index in [0.717, 1.165) is 5.56 Å². The van der Waals surface area contributed by atoms with Crippen LogP contribution in [0.25, 0.3) is 0 Å². The minimum absolute atomic E-state index is 0.00243. The lowest BCUT2D eigenvalue weighted by atomic mass is 10.1. The van der Waals surface area contributed by atoms with Gasteiger partial charge < -0.3 is 67.4 Å². The normalized spacial score (nSPS) is 12.1. The van der Waals surface area contributed by atoms with Crippen LogP contribution >= 0.6 is 22.6 Å². The summed E-state index contributed by atoms with van der Waals surface area (Å²) in [5, 5.41) is 31.9. The zero-order valence-corrected chi connectivity index (χ0v) is 46.3. The molecule has 8 amide bonds. The lowest BCUT2D eigenvalue weighted by Crippen LogP contribution is -2.47. The van der Waals surface area contributed by atoms with Gasteiger partial charge in [0.05, 0.1) is 68.4 Å². The maximum Gasteiger partial charge on any atom is 0.246 e. The third kappa shape index (κ3) is 38.2. The Hall–Kier alpha value is -5.39. The van der Waals surface area contributed by atoms with Crippen LogP contribution < -0.4 is 54.0 Å². The van der Waals surface area contributed by atoms with Crippen LogP contribution in [0.5, 0.6) is 5.75 Å². The van der Waals surface area contributed by atoms with Crippen LogP contribution in [0.4, 0.5) is 0 Å². The Labute approximate surface area is 459 Å². The molecule has 0 fully saturated rings. The summed E-state index contributed by atoms with van der Waals surface area (Å²) < 4.78 is 22.1. The molecule has 0 aliphatic carbocycles. The first kappa shape index (κ1) is 68.6. The number of ketones is 2. The van der Waals surface area contributed by atoms with Crippen molar-refractivity contribution in [1.29, 1.82) is 0 Å². The Kier molecular flexibility index (Phi) is 39.4. The Bertz CT molecular complexity index is 1950. The quantitative estimate of drug-likeness (QED) is 0.0270. The van der Waals surface area contributed by atoms with Crippen LogP contribution in [0.15, 0.2) is 18.2 Å². The smallest absolute Gasteiger partial charge is 0.246 e. The molecule has 0 saturated heterocycles. The van der Waals surface area contributed by atoms with Crippen LogP contribution in [-0.4, -0.2) is 181 Å². The third-order valence-corrected chi connectivity index (χ3v) is 11.9. The minimum Gasteiger partial charge on any atom is -0.507 e. The predicted molar refractivity (Wildman–Crippen MR) is 288 cm³/mol. The van der Waals surface area contributed by atoms with Crippen LogP contribution in [0.3, 0.4) is 0 Å². The summed E-state index contributed by atoms with van der Waals surface area (Å²) in [7, 11) is 0. The molecule has 0 bridgehead atoms. The number of aromatic hydroxyl groups is 1. The van der Waals surface area contributed by atoms with E-state index >= 15 is 0 Å². The van der Waals surface area contributed by atoms with E-state index in [4.69, 9.17) is 30.4 Å². The Morgan fingerprint density at radius 3 is 1.45 bits per heavy atom. The molecule has 1 rings (SSSR count). The van der Waals surface area contributed by atoms with Crippen molar-refractivity contribution in [3.63, 3.8) is 0 Å². The van der Waals surface area contributed by atoms with Gasteiger partial charge in [0.1, 0.15) is 36.6 Å². The van der Waals surface area contributed by atoms with Gasteiger partial charge in [-0.05, 0) is 125 Å². The third-order valence-electron chi connectivity index (χ3n) is 11.0. The summed E-state index contributed by atoms with van der Waals surface area (Å²) in [6, 6.07) is 3.05. The topological polar surface area (TPSA) is 376 Å². The SMILES string of the molecule is CC(=O)CN[C@H](CCCCNC(=O)COCCOCCNC(=O)COCCOCCNC(=O)CCCC(=O)N[C@@H](CCCCNC(=O)CCc1ccc(O)c([125I])c1)C(=O)NCCCC[C@@H](NCC(C)=O)C(N)=O)C(N)=O. The van der Waals surface area contributed by atoms with Gasteiger partial charge in [0.15, 0.2) is 0 Å². The van der Waals surface area contributed by atoms with E-state index in [2.05, 4.69) is 42.5 Å². The molecule has 3 atom stereocenters. The second-order valence-corrected chi connectivity index (χ2v) is 19.0. The first-order chi connectivity index (χ1) is 36.4. The number of primary amides is 2. The van der Waals surface area contributed by atoms with Crippen molar-refractivity contribution in [3.8, 4) is 5.75 Å². The number of phenols is 1. The summed E-state index contributed by atoms with van der Waals surface area (Å²) in [4.78, 5) is 121. The summed E-state index contributed by atoms with van der Waals surface area (Å²) in [5.41, 5.74) is 11.7. The zero-order valence-electron chi connectivity index (χ0n) is 44.2. The fraction of sp³-hybridized carbons (Fsp3) is 0.680. The van der Waals surface area contributed by atoms with E-state index in [1.54, 1.807) is 12.1 Å². The molecule has 0 heterocycles. The average molecular weight is 1190 g/mol. The van der Waals surface area contributed by atoms with Crippen LogP contribution in [-0.2, 0) is 73.3 Å². The van der Waals surface area contributed by atoms with Crippen molar-refractivity contribution in [2.45, 2.75) is 122 Å². The van der Waals surface area contributed by atoms with Gasteiger partial charge in [-0.25, -0.2) is 0 Å². The molecule has 0 saturated carbocycles. The van der Waals surface area contributed by atoms with Crippen LogP contribution in [0.2, 0.25) is 0 Å². The van der Waals surface area contributed by atoms with E-state index in [9.17, 15) is 53.1 Å². The van der Waals surface area contributed by atoms with Gasteiger partial charge in [-0.3, -0.25) is 58.6 Å². The zero-order chi connectivity index (χ0) is 56.4. The molecular weight excluding hydrogens is 1110 g/mol. The number of halogens is 1. The number of Topliss-reactive ketones (excluding diaryl/α,β-unsaturated/α-hetero) is 2. The highest BCUT2D eigenvalue weighted by atomic mass is 125. The molecule has 1 aromatic rings. The Morgan fingerprint density at radius 2 is 0.947 bits per heavy atom. The number of aryl methyl sites for hydroxylation is 1. The van der Waals surface area contributed by atoms with Gasteiger partial charge in [-0.15, -0.1) is 0 Å². The number of benzene rings is 1. The lowest BCUT2D eigenvalue weighted by Gasteiger charge is -2.19. The fourth-order valence-electron chi connectivity index (χ4n) is 6.92. The van der Waals surface area contributed by atoms with Crippen LogP contribution in [0.1, 0.15) is 103 Å². The van der Waals surface area contributed by atoms with Gasteiger partial charge in [-0.1, -0.05) is 6.07 Å². The molecule has 0 unspecified atom stereocenters. The van der Waals surface area contributed by atoms with Crippen molar-refractivity contribution in [2.24, 2.45) is 11.5 Å². The summed E-state index contributed by atoms with van der Waals surface area (Å²) in [5.74, 6) is -3.00. The first-order valence-corrected chi connectivity index (χ1v) is 26.9. The maximum atomic E-state index is 13.2. The molecule has 26 heteroatoms. The number of carbonyl (C=O) groups is 10. The van der Waals surface area contributed by atoms with E-state index in [1.807, 2.05) is 28.7 Å². The number of rotatable bonds is 48. The molecular formula is C50H83IN10O15. The predicted octanol–water partition coefficient (Wildman–Crippen LogP) is -1.19. The van der Waals surface area contributed by atoms with Crippen molar-refractivity contribution < 1.29 is 72.0 Å². The van der Waals surface area contributed by atoms with Gasteiger partial charge in [-0.2, -0.15) is 0 Å². The summed E-state index contributed by atoms with van der Waals surface area (Å²) >= 11 is 2.03. The first-order valence-electron chi connectivity index (χ1n) is 25.8. The second kappa shape index (κ2) is 43.7. The standard InChI is InChI=1S/C50H83IN10O15/c1-35(62)31-59-39(48(52)70)10-3-6-20-55-46(68)33-75-28-27-74-25-23-57-47(69)34-76-29-26-73-24-22-56-43(65)13-9-14-45(67)61-41(50(72)58-21-8-4-11-40(49(53)71)60-32-36(2)63)12-5-7-19-54-44(66)18-16-37-15-17-42(64)38(51)30-37/h15,17,30,39-41,59-60,64H,3-14,16,18-29,31-34H2,1-2H3,(H2,52,70)(H2,53,71)(H,54,66)(H,55,68)(H,56,65)(H,57,69)(H,58,72)(H,61,67)/t39-,40-,41+/m1/s1/i51-2. The number of amides is 8. The number of carbonyl (C=O) groups excluding carboxylic acids is 10. The van der Waals surface area contributed by atoms with Crippen molar-refractivity contribution >= 4 is 81.4 Å². The molecule has 76 heavy (non-hydrogen) atoms. The molecule has 430 valence electrons. The summed E-state index contributed by atoms with van der Waals surface area (Å²) in [6.45, 7) is 5.20. The number of unbranched alkanes of at least 4 members (excludes halogenated alkanes) is 3. The highest BCUT2D eigenvalue weighted by molar-refractivity contribution is 14.1. The Balaban J connectivity index is 2.24. The fourth-order valence-corrected chi connectivity index (χ4v) is 7.50. The Morgan fingerprint density at radius 1 is 0.513 bits per heavy atom. The minimum atomic E-state index is -0.862.